The summed E-state index contributed by atoms with van der Waals surface area (Å²) < 4.78 is 13.8. The van der Waals surface area contributed by atoms with Crippen molar-refractivity contribution in [1.82, 2.24) is 38.6 Å². The van der Waals surface area contributed by atoms with Crippen LogP contribution >= 0.6 is 0 Å². The van der Waals surface area contributed by atoms with E-state index >= 15 is 0 Å². The lowest BCUT2D eigenvalue weighted by Crippen LogP contribution is -2.55. The number of hydrogen-bond donors (Lipinski definition) is 0. The monoisotopic (exact) mass is 1930 g/mol. The van der Waals surface area contributed by atoms with Crippen LogP contribution in [0.25, 0.3) is 226 Å². The summed E-state index contributed by atoms with van der Waals surface area (Å²) >= 11 is 0. The Morgan fingerprint density at radius 3 is 1.09 bits per heavy atom. The minimum absolute atomic E-state index is 0.0888. The van der Waals surface area contributed by atoms with Crippen LogP contribution in [0.3, 0.4) is 0 Å². The lowest BCUT2D eigenvalue weighted by molar-refractivity contribution is -0.0399. The lowest BCUT2D eigenvalue weighted by Gasteiger charge is -2.61. The highest BCUT2D eigenvalue weighted by atomic mass is 16.3. The normalized spacial score (nSPS) is 24.6. The molecule has 0 amide bonds. The zero-order valence-electron chi connectivity index (χ0n) is 83.5. The van der Waals surface area contributed by atoms with Gasteiger partial charge >= 0.3 is 0 Å². The molecule has 12 fully saturated rings. The molecule has 0 aliphatic heterocycles. The molecule has 0 N–H and O–H groups in total. The molecule has 9 nitrogen and oxygen atoms in total. The van der Waals surface area contributed by atoms with Crippen LogP contribution in [0, 0.1) is 71.0 Å². The summed E-state index contributed by atoms with van der Waals surface area (Å²) in [5.74, 6) is 11.3. The molecule has 0 radical (unpaired) electrons. The van der Waals surface area contributed by atoms with Gasteiger partial charge in [-0.25, -0.2) is 15.0 Å². The van der Waals surface area contributed by atoms with Crippen molar-refractivity contribution in [1.29, 1.82) is 0 Å². The van der Waals surface area contributed by atoms with E-state index < -0.39 is 0 Å². The molecule has 15 aliphatic carbocycles. The molecular weight excluding hydrogens is 1820 g/mol. The molecule has 0 atom stereocenters. The Morgan fingerprint density at radius 2 is 0.593 bits per heavy atom. The van der Waals surface area contributed by atoms with Crippen molar-refractivity contribution in [2.45, 2.75) is 113 Å². The molecule has 150 heavy (non-hydrogen) atoms. The highest BCUT2D eigenvalue weighted by Crippen LogP contribution is 2.74. The molecular formula is C141H106N8O. The van der Waals surface area contributed by atoms with Gasteiger partial charge in [0.2, 0.25) is 17.6 Å². The minimum Gasteiger partial charge on any atom is -0.437 e. The second-order valence-electron chi connectivity index (χ2n) is 47.2. The maximum atomic E-state index is 6.52. The van der Waals surface area contributed by atoms with Gasteiger partial charge in [-0.1, -0.05) is 279 Å². The quantitative estimate of drug-likeness (QED) is 0.154. The molecule has 0 unspecified atom stereocenters. The standard InChI is InChI=1S/C56H41N3.C47H34N4O.C38H31N/c1-2-12-35(13-3-1)41-17-8-9-20-44(41)54-45-23-22-36-14-6-7-18-42(36)53(45)57-55(58-54)59-51-30-38-16-5-4-15-37(38)29-47(51)48-31-50-46(32-52(48)59)43-19-10-11-21-49(43)56(50)39-25-33-24-34(27-39)28-40(56)26-33;1-2-8-30-23-40-36(22-29(30)7-1)37-24-39-35(33-9-3-5-11-38(33)47(39)31-18-26-17-27(20-31)21-32(47)19-26)25-41(37)51(40)46-49-44(28-13-15-48-16-14-28)43-34-10-4-6-12-42(34)52-45(43)50-46;1-2-9-28(10-3-1)39-36-22-32-30-12-6-7-13-34(30)38(26-17-23-16-24(19-26)20-27(38)18-23)35(32)21-33(36)31-15-14-25-8-4-5-11-29(25)37(31)39/h1-23,29-34,39-40H,24-28H2;1-16,22-27,31-32H,17-21H2;1-15,21-24,26-27H,16-20H2. The van der Waals surface area contributed by atoms with E-state index in [1.54, 1.807) is 33.4 Å². The zero-order chi connectivity index (χ0) is 97.4. The number of para-hydroxylation sites is 2. The Labute approximate surface area is 868 Å². The summed E-state index contributed by atoms with van der Waals surface area (Å²) in [6, 6.07) is 140. The van der Waals surface area contributed by atoms with E-state index in [9.17, 15) is 0 Å². The van der Waals surface area contributed by atoms with Crippen LogP contribution in [-0.2, 0) is 16.2 Å². The SMILES string of the molecule is c1ccc(-c2ccccc2-c2nc(-n3c4cc5c(cc4c4cc6ccccc6cc43)C3(c4ccccc4-5)C4CC5CC(C4)CC3C5)nc3c2ccc2ccccc23)cc1.c1ccc(-n2c3cc4c(cc3c3ccc5ccccc5c32)C2(c3ccccc3-4)C3CC4CC(C3)CC2C4)cc1.c1ccc2c(c1)-c1cc3c(cc1C21C2CC4CC(C2)CC1C4)c1cc2ccccc2cc1n3-c1nc(-c2ccncc2)c2c(n1)oc1ccccc12. The van der Waals surface area contributed by atoms with E-state index in [1.165, 1.54) is 228 Å². The molecule has 716 valence electrons. The third-order valence-corrected chi connectivity index (χ3v) is 40.4. The molecule has 18 aromatic carbocycles. The zero-order valence-corrected chi connectivity index (χ0v) is 83.5. The van der Waals surface area contributed by atoms with Crippen LogP contribution in [0.2, 0.25) is 0 Å². The number of fused-ring (bicyclic) bond motifs is 28. The number of rotatable bonds is 6. The predicted octanol–water partition coefficient (Wildman–Crippen LogP) is 35.2. The van der Waals surface area contributed by atoms with Crippen LogP contribution in [-0.4, -0.2) is 38.6 Å². The van der Waals surface area contributed by atoms with E-state index in [2.05, 4.69) is 364 Å². The fourth-order valence-electron chi connectivity index (χ4n) is 35.5. The lowest BCUT2D eigenvalue weighted by atomic mass is 9.43. The Kier molecular flexibility index (Phi) is 17.3. The first-order valence-electron chi connectivity index (χ1n) is 55.6. The van der Waals surface area contributed by atoms with E-state index in [4.69, 9.17) is 24.4 Å². The Balaban J connectivity index is 0.0000000959. The van der Waals surface area contributed by atoms with E-state index in [1.807, 2.05) is 42.7 Å². The average Bonchev–Trinajstić information content (AvgIpc) is 1.50. The van der Waals surface area contributed by atoms with Crippen LogP contribution in [0.15, 0.2) is 393 Å². The summed E-state index contributed by atoms with van der Waals surface area (Å²) in [6.45, 7) is 0. The van der Waals surface area contributed by atoms with Crippen molar-refractivity contribution in [2.24, 2.45) is 71.0 Å². The highest BCUT2D eigenvalue weighted by molar-refractivity contribution is 6.22. The number of furan rings is 1. The number of hydrogen-bond acceptors (Lipinski definition) is 6. The van der Waals surface area contributed by atoms with Gasteiger partial charge in [-0.2, -0.15) is 4.98 Å². The van der Waals surface area contributed by atoms with E-state index in [0.29, 0.717) is 41.3 Å². The van der Waals surface area contributed by atoms with E-state index in [-0.39, 0.29) is 16.2 Å². The first-order chi connectivity index (χ1) is 74.2. The van der Waals surface area contributed by atoms with E-state index in [0.717, 1.165) is 125 Å². The van der Waals surface area contributed by atoms with Gasteiger partial charge in [0.25, 0.3) is 0 Å². The van der Waals surface area contributed by atoms with Crippen molar-refractivity contribution in [2.75, 3.05) is 0 Å². The third kappa shape index (κ3) is 11.4. The molecule has 12 bridgehead atoms. The maximum Gasteiger partial charge on any atom is 0.238 e. The molecule has 40 rings (SSSR count). The summed E-state index contributed by atoms with van der Waals surface area (Å²) in [6.07, 6.45) is 24.7. The molecule has 9 heteroatoms. The molecule has 15 aliphatic rings. The number of pyridine rings is 1. The highest BCUT2D eigenvalue weighted by Gasteiger charge is 2.65. The van der Waals surface area contributed by atoms with Crippen LogP contribution in [0.4, 0.5) is 0 Å². The fourth-order valence-corrected chi connectivity index (χ4v) is 35.5. The second kappa shape index (κ2) is 31.0. The molecule has 0 saturated heterocycles. The van der Waals surface area contributed by atoms with Gasteiger partial charge in [0.05, 0.1) is 55.4 Å². The van der Waals surface area contributed by atoms with Crippen molar-refractivity contribution < 1.29 is 4.42 Å². The summed E-state index contributed by atoms with van der Waals surface area (Å²) in [5.41, 5.74) is 35.7. The molecule has 7 aromatic heterocycles. The number of aromatic nitrogens is 8. The fraction of sp³-hybridized carbons (Fsp3) is 0.213. The topological polar surface area (TPSA) is 92.4 Å². The first-order valence-corrected chi connectivity index (χ1v) is 55.6. The van der Waals surface area contributed by atoms with Gasteiger partial charge < -0.3 is 8.98 Å². The largest absolute Gasteiger partial charge is 0.437 e. The van der Waals surface area contributed by atoms with Crippen LogP contribution < -0.4 is 0 Å². The predicted molar refractivity (Wildman–Crippen MR) is 612 cm³/mol. The molecule has 12 saturated carbocycles. The Bertz CT molecular complexity index is 10100. The first kappa shape index (κ1) is 83.8. The van der Waals surface area contributed by atoms with Crippen molar-refractivity contribution in [3.63, 3.8) is 0 Å². The van der Waals surface area contributed by atoms with Gasteiger partial charge in [-0.3, -0.25) is 14.1 Å². The van der Waals surface area contributed by atoms with Crippen LogP contribution in [0.1, 0.15) is 130 Å². The average molecular weight is 1930 g/mol. The summed E-state index contributed by atoms with van der Waals surface area (Å²) in [4.78, 5) is 26.4. The molecule has 3 spiro atoms. The van der Waals surface area contributed by atoms with Crippen molar-refractivity contribution in [3.8, 4) is 84.6 Å². The minimum atomic E-state index is 0.0888. The van der Waals surface area contributed by atoms with Gasteiger partial charge in [-0.05, 0) is 375 Å². The smallest absolute Gasteiger partial charge is 0.238 e. The maximum absolute atomic E-state index is 6.52. The molecule has 7 heterocycles. The van der Waals surface area contributed by atoms with Crippen molar-refractivity contribution in [3.05, 3.63) is 422 Å². The Morgan fingerprint density at radius 1 is 0.227 bits per heavy atom. The number of benzene rings is 18. The van der Waals surface area contributed by atoms with Gasteiger partial charge in [0.1, 0.15) is 5.58 Å². The van der Waals surface area contributed by atoms with Crippen LogP contribution in [0.5, 0.6) is 0 Å². The molecule has 25 aromatic rings. The third-order valence-electron chi connectivity index (χ3n) is 40.4. The second-order valence-corrected chi connectivity index (χ2v) is 47.2. The Hall–Kier alpha value is -16.2. The van der Waals surface area contributed by atoms with Gasteiger partial charge in [0, 0.05) is 99.3 Å². The summed E-state index contributed by atoms with van der Waals surface area (Å²) in [5, 5.41) is 20.8. The van der Waals surface area contributed by atoms with Crippen molar-refractivity contribution >= 4 is 141 Å². The number of nitrogens with zero attached hydrogens (tertiary/aromatic N) is 8. The van der Waals surface area contributed by atoms with Gasteiger partial charge in [0.15, 0.2) is 0 Å². The van der Waals surface area contributed by atoms with Gasteiger partial charge in [-0.15, -0.1) is 0 Å². The summed E-state index contributed by atoms with van der Waals surface area (Å²) in [7, 11) is 0.